The summed E-state index contributed by atoms with van der Waals surface area (Å²) in [7, 11) is 1.85. The number of aryl methyl sites for hydroxylation is 2. The summed E-state index contributed by atoms with van der Waals surface area (Å²) in [4.78, 5) is 35.2. The van der Waals surface area contributed by atoms with Crippen LogP contribution in [0.25, 0.3) is 11.3 Å². The molecular formula is C23H26N6O3. The molecule has 0 saturated carbocycles. The number of aromatic nitrogens is 4. The molecule has 0 atom stereocenters. The lowest BCUT2D eigenvalue weighted by Gasteiger charge is -2.35. The molecular weight excluding hydrogens is 408 g/mol. The average Bonchev–Trinajstić information content (AvgIpc) is 3.18. The van der Waals surface area contributed by atoms with E-state index >= 15 is 0 Å². The van der Waals surface area contributed by atoms with Crippen molar-refractivity contribution in [2.24, 2.45) is 12.5 Å². The Bertz CT molecular complexity index is 1170. The van der Waals surface area contributed by atoms with E-state index in [1.165, 1.54) is 4.90 Å². The summed E-state index contributed by atoms with van der Waals surface area (Å²) in [5.74, 6) is 1.37. The summed E-state index contributed by atoms with van der Waals surface area (Å²) in [5, 5.41) is 6.89. The number of anilines is 1. The van der Waals surface area contributed by atoms with Gasteiger partial charge < -0.3 is 4.74 Å². The van der Waals surface area contributed by atoms with Gasteiger partial charge in [-0.1, -0.05) is 13.8 Å². The fraction of sp³-hybridized carbons (Fsp3) is 0.348. The fourth-order valence-corrected chi connectivity index (χ4v) is 3.66. The van der Waals surface area contributed by atoms with Crippen LogP contribution < -0.4 is 10.1 Å². The number of hydrogen-bond donors (Lipinski definition) is 1. The molecule has 1 aliphatic heterocycles. The Hall–Kier alpha value is -3.75. The van der Waals surface area contributed by atoms with Gasteiger partial charge in [-0.2, -0.15) is 5.10 Å². The van der Waals surface area contributed by atoms with Gasteiger partial charge in [-0.15, -0.1) is 0 Å². The molecule has 1 aliphatic rings. The fourth-order valence-electron chi connectivity index (χ4n) is 3.66. The molecule has 3 amide bonds. The SMILES string of the molecule is Cc1nc(NC(=O)N2CCCC(C)(C)C2=O)ccc1Oc1ccnc(-c2cnn(C)c2)c1. The number of carbonyl (C=O) groups excluding carboxylic acids is 2. The normalized spacial score (nSPS) is 15.5. The van der Waals surface area contributed by atoms with Crippen LogP contribution in [0.5, 0.6) is 11.5 Å². The van der Waals surface area contributed by atoms with Gasteiger partial charge >= 0.3 is 6.03 Å². The number of ether oxygens (including phenoxy) is 1. The third kappa shape index (κ3) is 4.46. The van der Waals surface area contributed by atoms with Crippen LogP contribution in [0.2, 0.25) is 0 Å². The highest BCUT2D eigenvalue weighted by atomic mass is 16.5. The third-order valence-corrected chi connectivity index (χ3v) is 5.48. The van der Waals surface area contributed by atoms with Crippen LogP contribution >= 0.6 is 0 Å². The summed E-state index contributed by atoms with van der Waals surface area (Å²) < 4.78 is 7.70. The Morgan fingerprint density at radius 1 is 1.25 bits per heavy atom. The highest BCUT2D eigenvalue weighted by Crippen LogP contribution is 2.31. The minimum atomic E-state index is -0.532. The first-order chi connectivity index (χ1) is 15.2. The van der Waals surface area contributed by atoms with Gasteiger partial charge in [0.15, 0.2) is 0 Å². The molecule has 0 aromatic carbocycles. The summed E-state index contributed by atoms with van der Waals surface area (Å²) in [6.45, 7) is 5.93. The second kappa shape index (κ2) is 8.41. The predicted molar refractivity (Wildman–Crippen MR) is 119 cm³/mol. The first kappa shape index (κ1) is 21.5. The molecule has 1 fully saturated rings. The van der Waals surface area contributed by atoms with Crippen LogP contribution in [0.15, 0.2) is 42.9 Å². The lowest BCUT2D eigenvalue weighted by molar-refractivity contribution is -0.140. The maximum absolute atomic E-state index is 12.6. The Morgan fingerprint density at radius 2 is 2.06 bits per heavy atom. The van der Waals surface area contributed by atoms with Crippen molar-refractivity contribution in [3.8, 4) is 22.8 Å². The molecule has 4 heterocycles. The standard InChI is InChI=1S/C23H26N6O3/c1-15-19(32-17-8-10-24-18(12-17)16-13-25-28(4)14-16)6-7-20(26-15)27-22(31)29-11-5-9-23(2,3)21(29)30/h6-8,10,12-14H,5,9,11H2,1-4H3,(H,26,27,31). The van der Waals surface area contributed by atoms with Gasteiger partial charge in [0.2, 0.25) is 5.91 Å². The summed E-state index contributed by atoms with van der Waals surface area (Å²) >= 11 is 0. The number of piperidine rings is 1. The van der Waals surface area contributed by atoms with E-state index < -0.39 is 11.4 Å². The van der Waals surface area contributed by atoms with Crippen LogP contribution in [-0.4, -0.2) is 43.1 Å². The number of hydrogen-bond acceptors (Lipinski definition) is 6. The zero-order chi connectivity index (χ0) is 22.9. The van der Waals surface area contributed by atoms with Crippen molar-refractivity contribution in [3.63, 3.8) is 0 Å². The van der Waals surface area contributed by atoms with Gasteiger partial charge in [0.05, 0.1) is 17.6 Å². The molecule has 0 aliphatic carbocycles. The smallest absolute Gasteiger partial charge is 0.329 e. The molecule has 9 heteroatoms. The first-order valence-corrected chi connectivity index (χ1v) is 10.5. The number of carbonyl (C=O) groups is 2. The van der Waals surface area contributed by atoms with Crippen molar-refractivity contribution in [3.05, 3.63) is 48.5 Å². The molecule has 4 rings (SSSR count). The molecule has 1 N–H and O–H groups in total. The average molecular weight is 435 g/mol. The van der Waals surface area contributed by atoms with E-state index in [-0.39, 0.29) is 5.91 Å². The molecule has 3 aromatic rings. The van der Waals surface area contributed by atoms with Crippen LogP contribution in [0, 0.1) is 12.3 Å². The summed E-state index contributed by atoms with van der Waals surface area (Å²) in [5.41, 5.74) is 1.71. The van der Waals surface area contributed by atoms with E-state index in [1.54, 1.807) is 42.2 Å². The molecule has 166 valence electrons. The third-order valence-electron chi connectivity index (χ3n) is 5.48. The minimum absolute atomic E-state index is 0.167. The number of imide groups is 1. The Labute approximate surface area is 186 Å². The van der Waals surface area contributed by atoms with Crippen LogP contribution in [0.1, 0.15) is 32.4 Å². The van der Waals surface area contributed by atoms with Crippen molar-refractivity contribution >= 4 is 17.8 Å². The van der Waals surface area contributed by atoms with Crippen molar-refractivity contribution in [1.82, 2.24) is 24.6 Å². The number of urea groups is 1. The second-order valence-electron chi connectivity index (χ2n) is 8.54. The Balaban J connectivity index is 1.46. The van der Waals surface area contributed by atoms with E-state index in [9.17, 15) is 9.59 Å². The molecule has 0 radical (unpaired) electrons. The largest absolute Gasteiger partial charge is 0.455 e. The van der Waals surface area contributed by atoms with Gasteiger partial charge in [-0.3, -0.25) is 24.7 Å². The molecule has 0 spiro atoms. The molecule has 3 aromatic heterocycles. The second-order valence-corrected chi connectivity index (χ2v) is 8.54. The number of nitrogens with zero attached hydrogens (tertiary/aromatic N) is 5. The van der Waals surface area contributed by atoms with Gasteiger partial charge in [0, 0.05) is 43.0 Å². The summed E-state index contributed by atoms with van der Waals surface area (Å²) in [6.07, 6.45) is 6.86. The van der Waals surface area contributed by atoms with Crippen molar-refractivity contribution in [2.75, 3.05) is 11.9 Å². The van der Waals surface area contributed by atoms with E-state index in [0.717, 1.165) is 24.1 Å². The number of rotatable bonds is 4. The highest BCUT2D eigenvalue weighted by Gasteiger charge is 2.38. The predicted octanol–water partition coefficient (Wildman–Crippen LogP) is 4.16. The molecule has 0 bridgehead atoms. The Morgan fingerprint density at radius 3 is 2.78 bits per heavy atom. The highest BCUT2D eigenvalue weighted by molar-refractivity contribution is 6.03. The van der Waals surface area contributed by atoms with Crippen LogP contribution in [0.4, 0.5) is 10.6 Å². The summed E-state index contributed by atoms with van der Waals surface area (Å²) in [6, 6.07) is 6.53. The quantitative estimate of drug-likeness (QED) is 0.662. The zero-order valence-corrected chi connectivity index (χ0v) is 18.6. The lowest BCUT2D eigenvalue weighted by atomic mass is 9.83. The first-order valence-electron chi connectivity index (χ1n) is 10.5. The maximum Gasteiger partial charge on any atom is 0.329 e. The van der Waals surface area contributed by atoms with Gasteiger partial charge in [0.25, 0.3) is 0 Å². The number of nitrogens with one attached hydrogen (secondary N) is 1. The maximum atomic E-state index is 12.6. The zero-order valence-electron chi connectivity index (χ0n) is 18.6. The van der Waals surface area contributed by atoms with Gasteiger partial charge in [-0.25, -0.2) is 9.78 Å². The lowest BCUT2D eigenvalue weighted by Crippen LogP contribution is -2.50. The minimum Gasteiger partial charge on any atom is -0.455 e. The molecule has 1 saturated heterocycles. The molecule has 0 unspecified atom stereocenters. The van der Waals surface area contributed by atoms with Gasteiger partial charge in [-0.05, 0) is 38.0 Å². The topological polar surface area (TPSA) is 102 Å². The monoisotopic (exact) mass is 434 g/mol. The van der Waals surface area contributed by atoms with Crippen molar-refractivity contribution < 1.29 is 14.3 Å². The number of amides is 3. The molecule has 32 heavy (non-hydrogen) atoms. The van der Waals surface area contributed by atoms with Crippen LogP contribution in [0.3, 0.4) is 0 Å². The van der Waals surface area contributed by atoms with E-state index in [4.69, 9.17) is 4.74 Å². The van der Waals surface area contributed by atoms with Crippen LogP contribution in [-0.2, 0) is 11.8 Å². The number of pyridine rings is 2. The van der Waals surface area contributed by atoms with Crippen molar-refractivity contribution in [1.29, 1.82) is 0 Å². The van der Waals surface area contributed by atoms with Gasteiger partial charge in [0.1, 0.15) is 17.3 Å². The van der Waals surface area contributed by atoms with E-state index in [0.29, 0.717) is 29.6 Å². The van der Waals surface area contributed by atoms with E-state index in [2.05, 4.69) is 20.4 Å². The Kier molecular flexibility index (Phi) is 5.65. The van der Waals surface area contributed by atoms with E-state index in [1.807, 2.05) is 33.2 Å². The molecule has 9 nitrogen and oxygen atoms in total. The van der Waals surface area contributed by atoms with Crippen molar-refractivity contribution in [2.45, 2.75) is 33.6 Å². The number of likely N-dealkylation sites (tertiary alicyclic amines) is 1.